The third-order valence-corrected chi connectivity index (χ3v) is 2.87. The highest BCUT2D eigenvalue weighted by molar-refractivity contribution is 5.74. The fraction of sp³-hybridized carbons (Fsp3) is 0.500. The molecular weight excluding hydrogens is 216 g/mol. The average Bonchev–Trinajstić information content (AvgIpc) is 2.27. The van der Waals surface area contributed by atoms with Crippen molar-refractivity contribution in [1.29, 1.82) is 0 Å². The van der Waals surface area contributed by atoms with Crippen molar-refractivity contribution in [2.24, 2.45) is 5.41 Å². The second-order valence-electron chi connectivity index (χ2n) is 5.01. The van der Waals surface area contributed by atoms with E-state index in [0.717, 1.165) is 18.4 Å². The Balaban J connectivity index is 2.65. The summed E-state index contributed by atoms with van der Waals surface area (Å²) in [5.41, 5.74) is 1.48. The Kier molecular flexibility index (Phi) is 4.70. The fourth-order valence-electron chi connectivity index (χ4n) is 1.69. The minimum Gasteiger partial charge on any atom is -0.481 e. The number of rotatable bonds is 6. The van der Waals surface area contributed by atoms with Gasteiger partial charge in [-0.3, -0.25) is 4.79 Å². The van der Waals surface area contributed by atoms with E-state index in [4.69, 9.17) is 10.2 Å². The summed E-state index contributed by atoms with van der Waals surface area (Å²) in [4.78, 5) is 11.0. The van der Waals surface area contributed by atoms with Crippen LogP contribution < -0.4 is 0 Å². The zero-order valence-electron chi connectivity index (χ0n) is 10.4. The van der Waals surface area contributed by atoms with Gasteiger partial charge in [-0.15, -0.1) is 0 Å². The molecule has 0 aliphatic heterocycles. The lowest BCUT2D eigenvalue weighted by atomic mass is 9.85. The second kappa shape index (κ2) is 5.82. The first kappa shape index (κ1) is 13.7. The summed E-state index contributed by atoms with van der Waals surface area (Å²) in [6.07, 6.45) is 2.15. The summed E-state index contributed by atoms with van der Waals surface area (Å²) in [5.74, 6) is -0.776. The van der Waals surface area contributed by atoms with Gasteiger partial charge in [-0.1, -0.05) is 24.3 Å². The molecular formula is C14H20O3. The van der Waals surface area contributed by atoms with Gasteiger partial charge in [0, 0.05) is 6.61 Å². The lowest BCUT2D eigenvalue weighted by molar-refractivity contribution is -0.146. The normalized spacial score (nSPS) is 11.5. The molecule has 3 nitrogen and oxygen atoms in total. The Bertz CT molecular complexity index is 366. The highest BCUT2D eigenvalue weighted by Gasteiger charge is 2.27. The molecule has 0 unspecified atom stereocenters. The average molecular weight is 236 g/mol. The van der Waals surface area contributed by atoms with Crippen LogP contribution in [0.3, 0.4) is 0 Å². The molecule has 0 bridgehead atoms. The lowest BCUT2D eigenvalue weighted by Crippen LogP contribution is -2.26. The first-order chi connectivity index (χ1) is 7.95. The van der Waals surface area contributed by atoms with Gasteiger partial charge in [0.2, 0.25) is 0 Å². The number of hydrogen-bond donors (Lipinski definition) is 2. The predicted octanol–water partition coefficient (Wildman–Crippen LogP) is 2.26. The highest BCUT2D eigenvalue weighted by atomic mass is 16.4. The van der Waals surface area contributed by atoms with Crippen LogP contribution in [0.5, 0.6) is 0 Å². The van der Waals surface area contributed by atoms with Crippen molar-refractivity contribution in [1.82, 2.24) is 0 Å². The number of aliphatic hydroxyl groups excluding tert-OH is 1. The van der Waals surface area contributed by atoms with Crippen LogP contribution >= 0.6 is 0 Å². The van der Waals surface area contributed by atoms with Crippen molar-refractivity contribution >= 4 is 5.97 Å². The molecule has 1 aromatic carbocycles. The molecule has 0 aromatic heterocycles. The first-order valence-electron chi connectivity index (χ1n) is 5.88. The summed E-state index contributed by atoms with van der Waals surface area (Å²) in [5, 5.41) is 17.8. The maximum Gasteiger partial charge on any atom is 0.309 e. The number of aryl methyl sites for hydroxylation is 1. The molecule has 0 spiro atoms. The molecule has 0 radical (unpaired) electrons. The number of carbonyl (C=O) groups is 1. The van der Waals surface area contributed by atoms with Crippen molar-refractivity contribution < 1.29 is 15.0 Å². The molecule has 3 heteroatoms. The van der Waals surface area contributed by atoms with Gasteiger partial charge >= 0.3 is 5.97 Å². The van der Waals surface area contributed by atoms with Gasteiger partial charge < -0.3 is 10.2 Å². The molecule has 0 aliphatic carbocycles. The van der Waals surface area contributed by atoms with Gasteiger partial charge in [-0.2, -0.15) is 0 Å². The topological polar surface area (TPSA) is 57.5 Å². The van der Waals surface area contributed by atoms with E-state index in [-0.39, 0.29) is 6.61 Å². The van der Waals surface area contributed by atoms with E-state index >= 15 is 0 Å². The summed E-state index contributed by atoms with van der Waals surface area (Å²) >= 11 is 0. The molecule has 0 fully saturated rings. The molecule has 0 aliphatic rings. The maximum atomic E-state index is 11.0. The Hall–Kier alpha value is -1.35. The van der Waals surface area contributed by atoms with Crippen LogP contribution in [0.1, 0.15) is 31.4 Å². The van der Waals surface area contributed by atoms with E-state index in [1.54, 1.807) is 13.8 Å². The number of carboxylic acid groups (broad SMARTS) is 1. The van der Waals surface area contributed by atoms with E-state index in [9.17, 15) is 4.79 Å². The van der Waals surface area contributed by atoms with Crippen molar-refractivity contribution in [3.63, 3.8) is 0 Å². The van der Waals surface area contributed by atoms with Crippen molar-refractivity contribution in [3.05, 3.63) is 35.4 Å². The van der Waals surface area contributed by atoms with Crippen LogP contribution in [0, 0.1) is 5.41 Å². The van der Waals surface area contributed by atoms with Crippen molar-refractivity contribution in [2.45, 2.75) is 33.1 Å². The smallest absolute Gasteiger partial charge is 0.309 e. The van der Waals surface area contributed by atoms with E-state index in [1.807, 2.05) is 24.3 Å². The standard InChI is InChI=1S/C14H20O3/c1-14(2,13(16)17)10-12-7-5-11(6-8-12)4-3-9-15/h5-8,15H,3-4,9-10H2,1-2H3,(H,16,17). The molecule has 0 atom stereocenters. The minimum atomic E-state index is -0.776. The Morgan fingerprint density at radius 2 is 1.71 bits per heavy atom. The molecule has 1 aromatic rings. The van der Waals surface area contributed by atoms with Gasteiger partial charge in [0.05, 0.1) is 5.41 Å². The van der Waals surface area contributed by atoms with Gasteiger partial charge in [-0.05, 0) is 44.2 Å². The summed E-state index contributed by atoms with van der Waals surface area (Å²) in [6, 6.07) is 7.95. The third kappa shape index (κ3) is 4.19. The Morgan fingerprint density at radius 3 is 2.18 bits per heavy atom. The van der Waals surface area contributed by atoms with Crippen LogP contribution in [0.25, 0.3) is 0 Å². The van der Waals surface area contributed by atoms with Crippen LogP contribution in [0.2, 0.25) is 0 Å². The summed E-state index contributed by atoms with van der Waals surface area (Å²) in [7, 11) is 0. The molecule has 1 rings (SSSR count). The second-order valence-corrected chi connectivity index (χ2v) is 5.01. The summed E-state index contributed by atoms with van der Waals surface area (Å²) in [6.45, 7) is 3.66. The largest absolute Gasteiger partial charge is 0.481 e. The van der Waals surface area contributed by atoms with Crippen LogP contribution in [-0.4, -0.2) is 22.8 Å². The molecule has 2 N–H and O–H groups in total. The van der Waals surface area contributed by atoms with Gasteiger partial charge in [0.25, 0.3) is 0 Å². The first-order valence-corrected chi connectivity index (χ1v) is 5.88. The Morgan fingerprint density at radius 1 is 1.18 bits per heavy atom. The van der Waals surface area contributed by atoms with Crippen molar-refractivity contribution in [2.75, 3.05) is 6.61 Å². The third-order valence-electron chi connectivity index (χ3n) is 2.87. The van der Waals surface area contributed by atoms with Gasteiger partial charge in [0.1, 0.15) is 0 Å². The van der Waals surface area contributed by atoms with E-state index in [2.05, 4.69) is 0 Å². The van der Waals surface area contributed by atoms with Crippen molar-refractivity contribution in [3.8, 4) is 0 Å². The molecule has 0 heterocycles. The van der Waals surface area contributed by atoms with Gasteiger partial charge in [-0.25, -0.2) is 0 Å². The Labute approximate surface area is 102 Å². The number of hydrogen-bond acceptors (Lipinski definition) is 2. The van der Waals surface area contributed by atoms with E-state index in [0.29, 0.717) is 6.42 Å². The molecule has 94 valence electrons. The zero-order chi connectivity index (χ0) is 12.9. The lowest BCUT2D eigenvalue weighted by Gasteiger charge is -2.19. The molecule has 0 saturated heterocycles. The fourth-order valence-corrected chi connectivity index (χ4v) is 1.69. The quantitative estimate of drug-likeness (QED) is 0.796. The SMILES string of the molecule is CC(C)(Cc1ccc(CCCO)cc1)C(=O)O. The van der Waals surface area contributed by atoms with Crippen LogP contribution in [-0.2, 0) is 17.6 Å². The number of aliphatic carboxylic acids is 1. The number of carboxylic acids is 1. The predicted molar refractivity (Wildman–Crippen MR) is 67.0 cm³/mol. The minimum absolute atomic E-state index is 0.202. The van der Waals surface area contributed by atoms with E-state index < -0.39 is 11.4 Å². The van der Waals surface area contributed by atoms with Crippen LogP contribution in [0.15, 0.2) is 24.3 Å². The zero-order valence-corrected chi connectivity index (χ0v) is 10.4. The highest BCUT2D eigenvalue weighted by Crippen LogP contribution is 2.22. The monoisotopic (exact) mass is 236 g/mol. The summed E-state index contributed by atoms with van der Waals surface area (Å²) < 4.78 is 0. The number of aliphatic hydroxyl groups is 1. The van der Waals surface area contributed by atoms with Crippen LogP contribution in [0.4, 0.5) is 0 Å². The molecule has 17 heavy (non-hydrogen) atoms. The van der Waals surface area contributed by atoms with E-state index in [1.165, 1.54) is 5.56 Å². The molecule has 0 amide bonds. The molecule has 0 saturated carbocycles. The van der Waals surface area contributed by atoms with Gasteiger partial charge in [0.15, 0.2) is 0 Å². The number of benzene rings is 1. The maximum absolute atomic E-state index is 11.0.